The van der Waals surface area contributed by atoms with Crippen molar-refractivity contribution in [1.82, 2.24) is 19.7 Å². The molecule has 0 radical (unpaired) electrons. The monoisotopic (exact) mass is 312 g/mol. The quantitative estimate of drug-likeness (QED) is 0.754. The third-order valence-electron chi connectivity index (χ3n) is 2.62. The Morgan fingerprint density at radius 3 is 3.00 bits per heavy atom. The predicted molar refractivity (Wildman–Crippen MR) is 63.9 cm³/mol. The number of hydrogen-bond acceptors (Lipinski definition) is 3. The summed E-state index contributed by atoms with van der Waals surface area (Å²) in [6.07, 6.45) is 8.78. The maximum absolute atomic E-state index is 4.32. The van der Waals surface area contributed by atoms with E-state index in [0.717, 1.165) is 22.2 Å². The third-order valence-corrected chi connectivity index (χ3v) is 3.18. The maximum atomic E-state index is 4.32. The average molecular weight is 312 g/mol. The van der Waals surface area contributed by atoms with Gasteiger partial charge in [-0.1, -0.05) is 0 Å². The van der Waals surface area contributed by atoms with Crippen molar-refractivity contribution in [3.8, 4) is 5.82 Å². The highest BCUT2D eigenvalue weighted by molar-refractivity contribution is 14.1. The highest BCUT2D eigenvalue weighted by Crippen LogP contribution is 2.24. The lowest BCUT2D eigenvalue weighted by molar-refractivity contribution is 0.819. The Balaban J connectivity index is 2.16. The molecular weight excluding hydrogens is 303 g/mol. The Kier molecular flexibility index (Phi) is 2.19. The van der Waals surface area contributed by atoms with Crippen molar-refractivity contribution in [3.63, 3.8) is 0 Å². The molecule has 0 aromatic carbocycles. The van der Waals surface area contributed by atoms with Crippen molar-refractivity contribution in [3.05, 3.63) is 33.5 Å². The maximum Gasteiger partial charge on any atom is 0.160 e. The zero-order chi connectivity index (χ0) is 10.3. The molecule has 0 saturated carbocycles. The zero-order valence-electron chi connectivity index (χ0n) is 8.02. The van der Waals surface area contributed by atoms with Gasteiger partial charge in [0.15, 0.2) is 5.82 Å². The van der Waals surface area contributed by atoms with E-state index in [1.807, 2.05) is 17.1 Å². The first-order chi connectivity index (χ1) is 7.34. The summed E-state index contributed by atoms with van der Waals surface area (Å²) in [7, 11) is 0. The van der Waals surface area contributed by atoms with Gasteiger partial charge in [0.25, 0.3) is 0 Å². The fraction of sp³-hybridized carbons (Fsp3) is 0.300. The first kappa shape index (κ1) is 9.26. The molecule has 0 saturated heterocycles. The van der Waals surface area contributed by atoms with E-state index in [1.165, 1.54) is 17.7 Å². The van der Waals surface area contributed by atoms with Crippen LogP contribution >= 0.6 is 22.6 Å². The Morgan fingerprint density at radius 1 is 1.27 bits per heavy atom. The van der Waals surface area contributed by atoms with Crippen LogP contribution in [0.1, 0.15) is 17.7 Å². The Bertz CT molecular complexity index is 506. The summed E-state index contributed by atoms with van der Waals surface area (Å²) < 4.78 is 2.96. The second kappa shape index (κ2) is 3.55. The Hall–Kier alpha value is -0.980. The molecule has 0 unspecified atom stereocenters. The van der Waals surface area contributed by atoms with Crippen LogP contribution in [0.3, 0.4) is 0 Å². The molecule has 2 aromatic rings. The molecule has 15 heavy (non-hydrogen) atoms. The fourth-order valence-corrected chi connectivity index (χ4v) is 2.34. The van der Waals surface area contributed by atoms with Crippen molar-refractivity contribution < 1.29 is 0 Å². The summed E-state index contributed by atoms with van der Waals surface area (Å²) in [5.41, 5.74) is 2.45. The molecule has 0 bridgehead atoms. The smallest absolute Gasteiger partial charge is 0.160 e. The number of halogens is 1. The van der Waals surface area contributed by atoms with E-state index in [9.17, 15) is 0 Å². The molecule has 0 fully saturated rings. The van der Waals surface area contributed by atoms with Crippen LogP contribution in [0.15, 0.2) is 18.7 Å². The van der Waals surface area contributed by atoms with E-state index in [0.29, 0.717) is 0 Å². The number of nitrogens with zero attached hydrogens (tertiary/aromatic N) is 4. The number of aromatic nitrogens is 4. The lowest BCUT2D eigenvalue weighted by Gasteiger charge is -2.05. The van der Waals surface area contributed by atoms with Crippen LogP contribution in [-0.4, -0.2) is 19.7 Å². The minimum absolute atomic E-state index is 0.945. The summed E-state index contributed by atoms with van der Waals surface area (Å²) in [4.78, 5) is 8.62. The minimum atomic E-state index is 0.945. The van der Waals surface area contributed by atoms with E-state index in [-0.39, 0.29) is 0 Å². The molecule has 2 heterocycles. The topological polar surface area (TPSA) is 43.6 Å². The molecule has 4 nitrogen and oxygen atoms in total. The van der Waals surface area contributed by atoms with Crippen LogP contribution in [0.5, 0.6) is 0 Å². The van der Waals surface area contributed by atoms with Crippen LogP contribution in [0.4, 0.5) is 0 Å². The third kappa shape index (κ3) is 1.54. The Morgan fingerprint density at radius 2 is 2.20 bits per heavy atom. The van der Waals surface area contributed by atoms with E-state index in [4.69, 9.17) is 0 Å². The normalized spacial score (nSPS) is 14.2. The summed E-state index contributed by atoms with van der Waals surface area (Å²) in [5, 5.41) is 4.28. The van der Waals surface area contributed by atoms with Crippen LogP contribution in [0, 0.1) is 3.57 Å². The van der Waals surface area contributed by atoms with E-state index in [2.05, 4.69) is 37.7 Å². The largest absolute Gasteiger partial charge is 0.241 e. The van der Waals surface area contributed by atoms with Gasteiger partial charge >= 0.3 is 0 Å². The van der Waals surface area contributed by atoms with Crippen molar-refractivity contribution >= 4 is 22.6 Å². The van der Waals surface area contributed by atoms with Crippen LogP contribution in [-0.2, 0) is 12.8 Å². The van der Waals surface area contributed by atoms with Crippen molar-refractivity contribution in [2.24, 2.45) is 0 Å². The zero-order valence-corrected chi connectivity index (χ0v) is 10.2. The standard InChI is InChI=1S/C10H9IN4/c11-7-4-14-15(5-7)10-8-2-1-3-9(8)12-6-13-10/h4-6H,1-3H2. The average Bonchev–Trinajstić information content (AvgIpc) is 2.84. The molecule has 0 aliphatic heterocycles. The van der Waals surface area contributed by atoms with E-state index in [1.54, 1.807) is 6.33 Å². The van der Waals surface area contributed by atoms with Gasteiger partial charge in [0.1, 0.15) is 6.33 Å². The SMILES string of the molecule is Ic1cnn(-c2ncnc3c2CCC3)c1. The lowest BCUT2D eigenvalue weighted by Crippen LogP contribution is -2.04. The van der Waals surface area contributed by atoms with Crippen molar-refractivity contribution in [2.75, 3.05) is 0 Å². The first-order valence-corrected chi connectivity index (χ1v) is 5.96. The summed E-state index contributed by atoms with van der Waals surface area (Å²) >= 11 is 2.25. The molecule has 0 spiro atoms. The first-order valence-electron chi connectivity index (χ1n) is 4.88. The number of rotatable bonds is 1. The van der Waals surface area contributed by atoms with Crippen molar-refractivity contribution in [1.29, 1.82) is 0 Å². The molecule has 3 rings (SSSR count). The summed E-state index contributed by atoms with van der Waals surface area (Å²) in [6.45, 7) is 0. The number of aryl methyl sites for hydroxylation is 1. The second-order valence-corrected chi connectivity index (χ2v) is 4.82. The van der Waals surface area contributed by atoms with Gasteiger partial charge in [-0.15, -0.1) is 0 Å². The van der Waals surface area contributed by atoms with E-state index >= 15 is 0 Å². The molecule has 2 aromatic heterocycles. The van der Waals surface area contributed by atoms with Crippen molar-refractivity contribution in [2.45, 2.75) is 19.3 Å². The molecular formula is C10H9IN4. The molecule has 0 atom stereocenters. The van der Waals surface area contributed by atoms with Gasteiger partial charge in [-0.25, -0.2) is 14.6 Å². The van der Waals surface area contributed by atoms with Gasteiger partial charge in [-0.3, -0.25) is 0 Å². The van der Waals surface area contributed by atoms with Crippen LogP contribution in [0.25, 0.3) is 5.82 Å². The summed E-state index contributed by atoms with van der Waals surface area (Å²) in [5.74, 6) is 0.945. The van der Waals surface area contributed by atoms with Gasteiger partial charge in [0.2, 0.25) is 0 Å². The highest BCUT2D eigenvalue weighted by Gasteiger charge is 2.18. The van der Waals surface area contributed by atoms with Gasteiger partial charge in [-0.05, 0) is 41.9 Å². The number of fused-ring (bicyclic) bond motifs is 1. The molecule has 1 aliphatic rings. The van der Waals surface area contributed by atoms with E-state index < -0.39 is 0 Å². The molecule has 0 amide bonds. The number of hydrogen-bond donors (Lipinski definition) is 0. The molecule has 0 N–H and O–H groups in total. The van der Waals surface area contributed by atoms with Gasteiger partial charge in [0.05, 0.1) is 9.77 Å². The van der Waals surface area contributed by atoms with Crippen LogP contribution < -0.4 is 0 Å². The fourth-order valence-electron chi connectivity index (χ4n) is 1.96. The lowest BCUT2D eigenvalue weighted by atomic mass is 10.2. The van der Waals surface area contributed by atoms with Gasteiger partial charge in [0, 0.05) is 17.5 Å². The molecule has 5 heteroatoms. The summed E-state index contributed by atoms with van der Waals surface area (Å²) in [6, 6.07) is 0. The molecule has 76 valence electrons. The predicted octanol–water partition coefficient (Wildman–Crippen LogP) is 1.76. The second-order valence-electron chi connectivity index (χ2n) is 3.58. The minimum Gasteiger partial charge on any atom is -0.241 e. The molecule has 1 aliphatic carbocycles. The highest BCUT2D eigenvalue weighted by atomic mass is 127. The van der Waals surface area contributed by atoms with Crippen LogP contribution in [0.2, 0.25) is 0 Å². The van der Waals surface area contributed by atoms with Gasteiger partial charge < -0.3 is 0 Å². The van der Waals surface area contributed by atoms with Gasteiger partial charge in [-0.2, -0.15) is 5.10 Å². The Labute approximate surface area is 101 Å².